The Balaban J connectivity index is 1.65. The zero-order valence-electron chi connectivity index (χ0n) is 11.9. The van der Waals surface area contributed by atoms with Crippen LogP contribution in [-0.2, 0) is 0 Å². The highest BCUT2D eigenvalue weighted by molar-refractivity contribution is 6.30. The van der Waals surface area contributed by atoms with Crippen LogP contribution < -0.4 is 5.43 Å². The zero-order chi connectivity index (χ0) is 16.1. The summed E-state index contributed by atoms with van der Waals surface area (Å²) in [6.45, 7) is 0. The number of pyridine rings is 1. The van der Waals surface area contributed by atoms with Gasteiger partial charge in [-0.25, -0.2) is 5.43 Å². The fourth-order valence-electron chi connectivity index (χ4n) is 1.90. The number of nitrogens with zero attached hydrogens (tertiary/aromatic N) is 2. The smallest absolute Gasteiger partial charge is 0.289 e. The van der Waals surface area contributed by atoms with Gasteiger partial charge in [0.1, 0.15) is 17.2 Å². The number of hydrazone groups is 1. The third-order valence-corrected chi connectivity index (χ3v) is 3.26. The number of nitrogens with one attached hydrogen (secondary N) is 1. The molecule has 0 bridgehead atoms. The van der Waals surface area contributed by atoms with Crippen LogP contribution in [0.2, 0.25) is 5.02 Å². The molecule has 0 saturated carbocycles. The molecule has 0 saturated heterocycles. The summed E-state index contributed by atoms with van der Waals surface area (Å²) in [5.74, 6) is 0.835. The fraction of sp³-hybridized carbons (Fsp3) is 0. The van der Waals surface area contributed by atoms with Crippen LogP contribution in [0.1, 0.15) is 16.2 Å². The maximum absolute atomic E-state index is 11.8. The molecular weight excluding hydrogens is 314 g/mol. The number of halogens is 1. The van der Waals surface area contributed by atoms with Gasteiger partial charge in [-0.1, -0.05) is 17.7 Å². The van der Waals surface area contributed by atoms with Gasteiger partial charge in [0.25, 0.3) is 5.91 Å². The highest BCUT2D eigenvalue weighted by Gasteiger charge is 2.05. The van der Waals surface area contributed by atoms with E-state index in [1.54, 1.807) is 42.6 Å². The molecule has 0 atom stereocenters. The molecule has 2 aromatic heterocycles. The molecule has 0 aliphatic heterocycles. The first-order valence-electron chi connectivity index (χ1n) is 6.82. The van der Waals surface area contributed by atoms with Gasteiger partial charge in [-0.2, -0.15) is 5.10 Å². The quantitative estimate of drug-likeness (QED) is 0.586. The first-order valence-corrected chi connectivity index (χ1v) is 7.20. The van der Waals surface area contributed by atoms with Crippen LogP contribution in [0.5, 0.6) is 0 Å². The minimum absolute atomic E-state index is 0.297. The van der Waals surface area contributed by atoms with E-state index in [0.717, 1.165) is 5.56 Å². The zero-order valence-corrected chi connectivity index (χ0v) is 12.7. The van der Waals surface area contributed by atoms with Crippen LogP contribution in [0.4, 0.5) is 0 Å². The first-order chi connectivity index (χ1) is 11.2. The number of hydrogen-bond donors (Lipinski definition) is 1. The van der Waals surface area contributed by atoms with Crippen molar-refractivity contribution in [1.29, 1.82) is 0 Å². The van der Waals surface area contributed by atoms with Crippen molar-refractivity contribution >= 4 is 23.7 Å². The second kappa shape index (κ2) is 6.89. The number of amides is 1. The van der Waals surface area contributed by atoms with Crippen molar-refractivity contribution in [2.45, 2.75) is 0 Å². The number of aromatic nitrogens is 1. The van der Waals surface area contributed by atoms with Crippen molar-refractivity contribution in [1.82, 2.24) is 10.4 Å². The lowest BCUT2D eigenvalue weighted by Crippen LogP contribution is -2.18. The number of furan rings is 1. The summed E-state index contributed by atoms with van der Waals surface area (Å²) in [5, 5.41) is 4.53. The molecule has 23 heavy (non-hydrogen) atoms. The summed E-state index contributed by atoms with van der Waals surface area (Å²) in [6.07, 6.45) is 2.98. The summed E-state index contributed by atoms with van der Waals surface area (Å²) in [6, 6.07) is 16.0. The van der Waals surface area contributed by atoms with E-state index in [-0.39, 0.29) is 5.91 Å². The Morgan fingerprint density at radius 3 is 2.70 bits per heavy atom. The van der Waals surface area contributed by atoms with Crippen molar-refractivity contribution in [3.05, 3.63) is 77.3 Å². The first kappa shape index (κ1) is 15.0. The molecule has 1 aromatic carbocycles. The average molecular weight is 326 g/mol. The van der Waals surface area contributed by atoms with Crippen LogP contribution in [-0.4, -0.2) is 17.1 Å². The Hall–Kier alpha value is -2.92. The summed E-state index contributed by atoms with van der Waals surface area (Å²) < 4.78 is 5.64. The van der Waals surface area contributed by atoms with Crippen molar-refractivity contribution in [3.63, 3.8) is 0 Å². The van der Waals surface area contributed by atoms with Crippen LogP contribution in [0, 0.1) is 0 Å². The minimum atomic E-state index is -0.383. The van der Waals surface area contributed by atoms with Gasteiger partial charge < -0.3 is 4.42 Å². The molecular formula is C17H12ClN3O2. The number of carbonyl (C=O) groups excluding carboxylic acids is 1. The Bertz CT molecular complexity index is 827. The summed E-state index contributed by atoms with van der Waals surface area (Å²) in [5.41, 5.74) is 3.60. The number of benzene rings is 1. The predicted molar refractivity (Wildman–Crippen MR) is 88.5 cm³/mol. The minimum Gasteiger partial charge on any atom is -0.455 e. The lowest BCUT2D eigenvalue weighted by Gasteiger charge is -1.97. The standard InChI is InChI=1S/C17H12ClN3O2/c18-13-6-4-12(5-7-13)16-9-8-14(23-16)11-20-21-17(22)15-3-1-2-10-19-15/h1-11H,(H,21,22)/b20-11+. The molecule has 6 heteroatoms. The normalized spacial score (nSPS) is 10.8. The topological polar surface area (TPSA) is 67.5 Å². The second-order valence-electron chi connectivity index (χ2n) is 4.62. The molecule has 1 N–H and O–H groups in total. The van der Waals surface area contributed by atoms with Crippen LogP contribution in [0.3, 0.4) is 0 Å². The van der Waals surface area contributed by atoms with E-state index in [9.17, 15) is 4.79 Å². The molecule has 2 heterocycles. The summed E-state index contributed by atoms with van der Waals surface area (Å²) >= 11 is 5.86. The number of rotatable bonds is 4. The highest BCUT2D eigenvalue weighted by atomic mass is 35.5. The average Bonchev–Trinajstić information content (AvgIpc) is 3.05. The molecule has 0 fully saturated rings. The van der Waals surface area contributed by atoms with Crippen LogP contribution in [0.25, 0.3) is 11.3 Å². The van der Waals surface area contributed by atoms with Crippen molar-refractivity contribution in [2.24, 2.45) is 5.10 Å². The van der Waals surface area contributed by atoms with Gasteiger partial charge in [0.2, 0.25) is 0 Å². The van der Waals surface area contributed by atoms with Gasteiger partial charge in [-0.05, 0) is 48.5 Å². The molecule has 5 nitrogen and oxygen atoms in total. The largest absolute Gasteiger partial charge is 0.455 e. The fourth-order valence-corrected chi connectivity index (χ4v) is 2.03. The van der Waals surface area contributed by atoms with Crippen LogP contribution >= 0.6 is 11.6 Å². The van der Waals surface area contributed by atoms with Gasteiger partial charge in [-0.3, -0.25) is 9.78 Å². The van der Waals surface area contributed by atoms with E-state index in [4.69, 9.17) is 16.0 Å². The third-order valence-electron chi connectivity index (χ3n) is 3.01. The maximum atomic E-state index is 11.8. The van der Waals surface area contributed by atoms with E-state index >= 15 is 0 Å². The van der Waals surface area contributed by atoms with Crippen LogP contribution in [0.15, 0.2) is 70.3 Å². The van der Waals surface area contributed by atoms with Gasteiger partial charge >= 0.3 is 0 Å². The van der Waals surface area contributed by atoms with E-state index < -0.39 is 0 Å². The van der Waals surface area contributed by atoms with Gasteiger partial charge in [0, 0.05) is 16.8 Å². The molecule has 0 unspecified atom stereocenters. The molecule has 3 rings (SSSR count). The molecule has 0 spiro atoms. The van der Waals surface area contributed by atoms with E-state index in [2.05, 4.69) is 15.5 Å². The third kappa shape index (κ3) is 3.84. The highest BCUT2D eigenvalue weighted by Crippen LogP contribution is 2.23. The molecule has 0 aliphatic carbocycles. The molecule has 114 valence electrons. The van der Waals surface area contributed by atoms with Gasteiger partial charge in [0.05, 0.1) is 6.21 Å². The Labute approximate surface area is 137 Å². The maximum Gasteiger partial charge on any atom is 0.289 e. The number of carbonyl (C=O) groups is 1. The Morgan fingerprint density at radius 2 is 1.96 bits per heavy atom. The van der Waals surface area contributed by atoms with E-state index in [0.29, 0.717) is 22.2 Å². The molecule has 3 aromatic rings. The Morgan fingerprint density at radius 1 is 1.13 bits per heavy atom. The lowest BCUT2D eigenvalue weighted by atomic mass is 10.2. The van der Waals surface area contributed by atoms with Crippen molar-refractivity contribution < 1.29 is 9.21 Å². The predicted octanol–water partition coefficient (Wildman–Crippen LogP) is 3.76. The lowest BCUT2D eigenvalue weighted by molar-refractivity contribution is 0.0950. The number of hydrogen-bond acceptors (Lipinski definition) is 4. The SMILES string of the molecule is O=C(N/N=C/c1ccc(-c2ccc(Cl)cc2)o1)c1ccccn1. The van der Waals surface area contributed by atoms with E-state index in [1.807, 2.05) is 18.2 Å². The Kier molecular flexibility index (Phi) is 4.49. The molecule has 0 radical (unpaired) electrons. The molecule has 0 aliphatic rings. The monoisotopic (exact) mass is 325 g/mol. The summed E-state index contributed by atoms with van der Waals surface area (Å²) in [4.78, 5) is 15.7. The van der Waals surface area contributed by atoms with Crippen molar-refractivity contribution in [3.8, 4) is 11.3 Å². The van der Waals surface area contributed by atoms with E-state index in [1.165, 1.54) is 6.21 Å². The van der Waals surface area contributed by atoms with Crippen molar-refractivity contribution in [2.75, 3.05) is 0 Å². The van der Waals surface area contributed by atoms with Gasteiger partial charge in [-0.15, -0.1) is 0 Å². The van der Waals surface area contributed by atoms with Gasteiger partial charge in [0.15, 0.2) is 0 Å². The second-order valence-corrected chi connectivity index (χ2v) is 5.06. The summed E-state index contributed by atoms with van der Waals surface area (Å²) in [7, 11) is 0. The molecule has 1 amide bonds.